The molecule has 0 atom stereocenters. The van der Waals surface area contributed by atoms with E-state index in [9.17, 15) is 9.59 Å². The number of primary amides is 1. The van der Waals surface area contributed by atoms with E-state index < -0.39 is 0 Å². The molecule has 1 aliphatic rings. The molecule has 0 heterocycles. The zero-order valence-corrected chi connectivity index (χ0v) is 7.51. The van der Waals surface area contributed by atoms with Crippen molar-refractivity contribution in [3.63, 3.8) is 0 Å². The molecule has 0 saturated heterocycles. The Kier molecular flexibility index (Phi) is 3.54. The second kappa shape index (κ2) is 4.69. The van der Waals surface area contributed by atoms with Crippen LogP contribution in [0.25, 0.3) is 0 Å². The molecule has 13 heavy (non-hydrogen) atoms. The molecule has 1 saturated carbocycles. The Bertz CT molecular complexity index is 202. The van der Waals surface area contributed by atoms with Gasteiger partial charge in [-0.3, -0.25) is 4.79 Å². The van der Waals surface area contributed by atoms with E-state index in [1.54, 1.807) is 0 Å². The van der Waals surface area contributed by atoms with Gasteiger partial charge in [0.25, 0.3) is 0 Å². The van der Waals surface area contributed by atoms with Crippen LogP contribution in [0.4, 0.5) is 4.79 Å². The van der Waals surface area contributed by atoms with Crippen LogP contribution in [0.2, 0.25) is 0 Å². The van der Waals surface area contributed by atoms with Gasteiger partial charge in [-0.1, -0.05) is 0 Å². The van der Waals surface area contributed by atoms with Gasteiger partial charge in [-0.05, 0) is 19.3 Å². The molecule has 4 N–H and O–H groups in total. The lowest BCUT2D eigenvalue weighted by atomic mass is 10.3. The Balaban J connectivity index is 1.91. The highest BCUT2D eigenvalue weighted by Gasteiger charge is 2.22. The molecule has 0 aromatic carbocycles. The average Bonchev–Trinajstić information content (AvgIpc) is 2.81. The van der Waals surface area contributed by atoms with Gasteiger partial charge in [-0.15, -0.1) is 0 Å². The van der Waals surface area contributed by atoms with Gasteiger partial charge >= 0.3 is 6.03 Å². The molecule has 0 bridgehead atoms. The number of hydrogen-bond donors (Lipinski definition) is 3. The van der Waals surface area contributed by atoms with Gasteiger partial charge in [0.15, 0.2) is 0 Å². The first-order valence-electron chi connectivity index (χ1n) is 4.51. The predicted octanol–water partition coefficient (Wildman–Crippen LogP) is -0.287. The molecule has 5 heteroatoms. The third-order valence-electron chi connectivity index (χ3n) is 1.80. The van der Waals surface area contributed by atoms with E-state index in [1.807, 2.05) is 0 Å². The Morgan fingerprint density at radius 3 is 2.62 bits per heavy atom. The zero-order valence-electron chi connectivity index (χ0n) is 7.51. The Morgan fingerprint density at radius 2 is 2.08 bits per heavy atom. The first kappa shape index (κ1) is 9.83. The number of carbonyl (C=O) groups excluding carboxylic acids is 2. The number of carbonyl (C=O) groups is 2. The molecule has 1 rings (SSSR count). The van der Waals surface area contributed by atoms with Crippen LogP contribution in [0.5, 0.6) is 0 Å². The third-order valence-corrected chi connectivity index (χ3v) is 1.80. The molecule has 1 aliphatic carbocycles. The van der Waals surface area contributed by atoms with Gasteiger partial charge < -0.3 is 16.4 Å². The monoisotopic (exact) mass is 185 g/mol. The van der Waals surface area contributed by atoms with E-state index in [1.165, 1.54) is 0 Å². The van der Waals surface area contributed by atoms with Crippen molar-refractivity contribution in [1.82, 2.24) is 10.6 Å². The van der Waals surface area contributed by atoms with Crippen molar-refractivity contribution in [3.8, 4) is 0 Å². The van der Waals surface area contributed by atoms with Gasteiger partial charge in [0.05, 0.1) is 0 Å². The lowest BCUT2D eigenvalue weighted by Crippen LogP contribution is -2.37. The summed E-state index contributed by atoms with van der Waals surface area (Å²) >= 11 is 0. The minimum atomic E-state index is -0.329. The molecule has 0 aromatic heterocycles. The molecule has 3 amide bonds. The van der Waals surface area contributed by atoms with Crippen LogP contribution in [0.3, 0.4) is 0 Å². The maximum absolute atomic E-state index is 11.0. The summed E-state index contributed by atoms with van der Waals surface area (Å²) in [6.45, 7) is 0.501. The van der Waals surface area contributed by atoms with E-state index in [0.717, 1.165) is 12.8 Å². The first-order chi connectivity index (χ1) is 6.18. The topological polar surface area (TPSA) is 84.2 Å². The molecule has 74 valence electrons. The lowest BCUT2D eigenvalue weighted by Gasteiger charge is -2.04. The van der Waals surface area contributed by atoms with Crippen LogP contribution in [-0.2, 0) is 4.79 Å². The fourth-order valence-electron chi connectivity index (χ4n) is 0.929. The van der Waals surface area contributed by atoms with Crippen LogP contribution in [0, 0.1) is 0 Å². The zero-order chi connectivity index (χ0) is 9.68. The van der Waals surface area contributed by atoms with Gasteiger partial charge in [-0.2, -0.15) is 0 Å². The van der Waals surface area contributed by atoms with Crippen molar-refractivity contribution in [3.05, 3.63) is 0 Å². The summed E-state index contributed by atoms with van der Waals surface area (Å²) in [5, 5.41) is 5.43. The summed E-state index contributed by atoms with van der Waals surface area (Å²) in [4.78, 5) is 21.3. The summed E-state index contributed by atoms with van der Waals surface area (Å²) in [6.07, 6.45) is 3.08. The minimum Gasteiger partial charge on any atom is -0.370 e. The average molecular weight is 185 g/mol. The number of urea groups is 1. The van der Waals surface area contributed by atoms with Gasteiger partial charge in [0.1, 0.15) is 0 Å². The van der Waals surface area contributed by atoms with Crippen molar-refractivity contribution in [1.29, 1.82) is 0 Å². The fraction of sp³-hybridized carbons (Fsp3) is 0.750. The molecular formula is C8H15N3O2. The third kappa shape index (κ3) is 5.05. The molecule has 0 aromatic rings. The highest BCUT2D eigenvalue weighted by Crippen LogP contribution is 2.18. The molecule has 0 aliphatic heterocycles. The molecule has 0 radical (unpaired) electrons. The molecule has 1 fully saturated rings. The Hall–Kier alpha value is -1.26. The van der Waals surface area contributed by atoms with Crippen molar-refractivity contribution in [2.24, 2.45) is 5.73 Å². The molecule has 0 spiro atoms. The van der Waals surface area contributed by atoms with E-state index in [2.05, 4.69) is 10.6 Å². The summed E-state index contributed by atoms with van der Waals surface area (Å²) in [5.74, 6) is -0.329. The SMILES string of the molecule is NC(=O)CCCNC(=O)NC1CC1. The van der Waals surface area contributed by atoms with Crippen LogP contribution in [-0.4, -0.2) is 24.5 Å². The smallest absolute Gasteiger partial charge is 0.315 e. The van der Waals surface area contributed by atoms with Crippen LogP contribution < -0.4 is 16.4 Å². The summed E-state index contributed by atoms with van der Waals surface area (Å²) in [7, 11) is 0. The number of hydrogen-bond acceptors (Lipinski definition) is 2. The van der Waals surface area contributed by atoms with E-state index in [0.29, 0.717) is 25.4 Å². The minimum absolute atomic E-state index is 0.146. The van der Waals surface area contributed by atoms with Crippen LogP contribution >= 0.6 is 0 Å². The van der Waals surface area contributed by atoms with E-state index >= 15 is 0 Å². The number of rotatable bonds is 5. The van der Waals surface area contributed by atoms with Gasteiger partial charge in [-0.25, -0.2) is 4.79 Å². The van der Waals surface area contributed by atoms with E-state index in [4.69, 9.17) is 5.73 Å². The van der Waals surface area contributed by atoms with Crippen molar-refractivity contribution < 1.29 is 9.59 Å². The van der Waals surface area contributed by atoms with Gasteiger partial charge in [0.2, 0.25) is 5.91 Å². The number of nitrogens with two attached hydrogens (primary N) is 1. The second-order valence-corrected chi connectivity index (χ2v) is 3.24. The Labute approximate surface area is 77.1 Å². The maximum Gasteiger partial charge on any atom is 0.315 e. The maximum atomic E-state index is 11.0. The number of nitrogens with one attached hydrogen (secondary N) is 2. The largest absolute Gasteiger partial charge is 0.370 e. The van der Waals surface area contributed by atoms with Crippen molar-refractivity contribution in [2.75, 3.05) is 6.54 Å². The number of amides is 3. The quantitative estimate of drug-likeness (QED) is 0.514. The highest BCUT2D eigenvalue weighted by molar-refractivity contribution is 5.75. The van der Waals surface area contributed by atoms with E-state index in [-0.39, 0.29) is 11.9 Å². The highest BCUT2D eigenvalue weighted by atomic mass is 16.2. The van der Waals surface area contributed by atoms with Crippen molar-refractivity contribution >= 4 is 11.9 Å². The Morgan fingerprint density at radius 1 is 1.38 bits per heavy atom. The molecule has 5 nitrogen and oxygen atoms in total. The second-order valence-electron chi connectivity index (χ2n) is 3.24. The molecule has 0 unspecified atom stereocenters. The van der Waals surface area contributed by atoms with Crippen LogP contribution in [0.15, 0.2) is 0 Å². The summed E-state index contributed by atoms with van der Waals surface area (Å²) in [5.41, 5.74) is 4.93. The van der Waals surface area contributed by atoms with Gasteiger partial charge in [0, 0.05) is 19.0 Å². The lowest BCUT2D eigenvalue weighted by molar-refractivity contribution is -0.118. The van der Waals surface area contributed by atoms with Crippen LogP contribution in [0.1, 0.15) is 25.7 Å². The fourth-order valence-corrected chi connectivity index (χ4v) is 0.929. The standard InChI is InChI=1S/C8H15N3O2/c9-7(12)2-1-5-10-8(13)11-6-3-4-6/h6H,1-5H2,(H2,9,12)(H2,10,11,13). The molecular weight excluding hydrogens is 170 g/mol. The first-order valence-corrected chi connectivity index (χ1v) is 4.51. The summed E-state index contributed by atoms with van der Waals surface area (Å²) < 4.78 is 0. The predicted molar refractivity (Wildman–Crippen MR) is 48.0 cm³/mol. The normalized spacial score (nSPS) is 15.1. The summed E-state index contributed by atoms with van der Waals surface area (Å²) in [6, 6.07) is 0.225. The van der Waals surface area contributed by atoms with Crippen molar-refractivity contribution in [2.45, 2.75) is 31.7 Å².